The number of nitrogens with one attached hydrogen (secondary N) is 1. The Kier molecular flexibility index (Phi) is 5.52. The second kappa shape index (κ2) is 7.21. The lowest BCUT2D eigenvalue weighted by Crippen LogP contribution is -2.33. The van der Waals surface area contributed by atoms with Gasteiger partial charge in [-0.15, -0.1) is 0 Å². The van der Waals surface area contributed by atoms with Gasteiger partial charge in [0.25, 0.3) is 0 Å². The van der Waals surface area contributed by atoms with Gasteiger partial charge in [-0.2, -0.15) is 0 Å². The van der Waals surface area contributed by atoms with E-state index in [9.17, 15) is 9.90 Å². The number of carbonyl (C=O) groups is 1. The molecule has 0 saturated heterocycles. The highest BCUT2D eigenvalue weighted by Gasteiger charge is 2.33. The number of hydrogen-bond donors (Lipinski definition) is 3. The third-order valence-electron chi connectivity index (χ3n) is 4.53. The molecule has 1 aliphatic carbocycles. The Hall–Kier alpha value is -1.75. The molecule has 0 unspecified atom stereocenters. The molecule has 0 radical (unpaired) electrons. The molecular weight excluding hydrogens is 292 g/mol. The molecule has 1 aliphatic rings. The number of nitrogens with two attached hydrogens (primary N) is 1. The number of hydrogen-bond acceptors (Lipinski definition) is 4. The molecule has 1 amide bonds. The number of primary amides is 1. The van der Waals surface area contributed by atoms with E-state index < -0.39 is 17.3 Å². The smallest absolute Gasteiger partial charge is 0.405 e. The molecule has 5 nitrogen and oxygen atoms in total. The first-order valence-electron chi connectivity index (χ1n) is 8.37. The van der Waals surface area contributed by atoms with Crippen LogP contribution in [0.2, 0.25) is 0 Å². The summed E-state index contributed by atoms with van der Waals surface area (Å²) in [7, 11) is 0. The minimum atomic E-state index is -0.757. The van der Waals surface area contributed by atoms with Crippen LogP contribution in [0.3, 0.4) is 0 Å². The Bertz CT molecular complexity index is 537. The Morgan fingerprint density at radius 3 is 2.61 bits per heavy atom. The van der Waals surface area contributed by atoms with Crippen molar-refractivity contribution in [1.29, 1.82) is 0 Å². The first-order valence-corrected chi connectivity index (χ1v) is 8.37. The van der Waals surface area contributed by atoms with E-state index in [1.807, 2.05) is 38.1 Å². The van der Waals surface area contributed by atoms with Gasteiger partial charge in [-0.1, -0.05) is 37.5 Å². The molecule has 2 rings (SSSR count). The summed E-state index contributed by atoms with van der Waals surface area (Å²) in [6.07, 6.45) is 4.80. The SMILES string of the molecule is CC(C)(CCNc1ccccc1C1(O)CCCCC1)OC(N)=O. The van der Waals surface area contributed by atoms with E-state index in [4.69, 9.17) is 10.5 Å². The van der Waals surface area contributed by atoms with Crippen LogP contribution in [-0.4, -0.2) is 23.3 Å². The molecule has 0 heterocycles. The van der Waals surface area contributed by atoms with Crippen molar-refractivity contribution < 1.29 is 14.6 Å². The highest BCUT2D eigenvalue weighted by molar-refractivity contribution is 5.65. The van der Waals surface area contributed by atoms with Crippen LogP contribution < -0.4 is 11.1 Å². The Labute approximate surface area is 138 Å². The maximum atomic E-state index is 11.0. The van der Waals surface area contributed by atoms with Gasteiger partial charge in [0.2, 0.25) is 0 Å². The Balaban J connectivity index is 2.02. The minimum Gasteiger partial charge on any atom is -0.444 e. The largest absolute Gasteiger partial charge is 0.444 e. The number of para-hydroxylation sites is 1. The van der Waals surface area contributed by atoms with Crippen molar-refractivity contribution in [1.82, 2.24) is 0 Å². The third kappa shape index (κ3) is 4.86. The van der Waals surface area contributed by atoms with Gasteiger partial charge < -0.3 is 20.9 Å². The predicted molar refractivity (Wildman–Crippen MR) is 91.3 cm³/mol. The van der Waals surface area contributed by atoms with Crippen LogP contribution in [0.1, 0.15) is 57.9 Å². The van der Waals surface area contributed by atoms with Gasteiger partial charge in [-0.05, 0) is 32.8 Å². The summed E-state index contributed by atoms with van der Waals surface area (Å²) in [5, 5.41) is 14.3. The summed E-state index contributed by atoms with van der Waals surface area (Å²) in [6.45, 7) is 4.30. The number of ether oxygens (including phenoxy) is 1. The van der Waals surface area contributed by atoms with Crippen LogP contribution in [0.5, 0.6) is 0 Å². The predicted octanol–water partition coefficient (Wildman–Crippen LogP) is 3.51. The molecule has 0 bridgehead atoms. The summed E-state index contributed by atoms with van der Waals surface area (Å²) >= 11 is 0. The van der Waals surface area contributed by atoms with Crippen molar-refractivity contribution in [3.63, 3.8) is 0 Å². The number of amides is 1. The molecule has 4 N–H and O–H groups in total. The molecule has 1 aromatic rings. The average molecular weight is 320 g/mol. The van der Waals surface area contributed by atoms with Gasteiger partial charge in [-0.25, -0.2) is 4.79 Å². The van der Waals surface area contributed by atoms with Crippen LogP contribution >= 0.6 is 0 Å². The fraction of sp³-hybridized carbons (Fsp3) is 0.611. The molecule has 0 aromatic heterocycles. The van der Waals surface area contributed by atoms with E-state index >= 15 is 0 Å². The summed E-state index contributed by atoms with van der Waals surface area (Å²) in [5.41, 5.74) is 5.65. The molecule has 1 fully saturated rings. The molecule has 1 aromatic carbocycles. The maximum Gasteiger partial charge on any atom is 0.405 e. The van der Waals surface area contributed by atoms with Crippen LogP contribution in [-0.2, 0) is 10.3 Å². The fourth-order valence-electron chi connectivity index (χ4n) is 3.27. The van der Waals surface area contributed by atoms with Gasteiger partial charge in [0, 0.05) is 24.2 Å². The zero-order valence-corrected chi connectivity index (χ0v) is 14.1. The maximum absolute atomic E-state index is 11.0. The van der Waals surface area contributed by atoms with E-state index in [0.29, 0.717) is 13.0 Å². The van der Waals surface area contributed by atoms with Crippen molar-refractivity contribution in [2.24, 2.45) is 5.73 Å². The number of carbonyl (C=O) groups excluding carboxylic acids is 1. The van der Waals surface area contributed by atoms with Gasteiger partial charge in [0.05, 0.1) is 5.60 Å². The number of anilines is 1. The van der Waals surface area contributed by atoms with Crippen molar-refractivity contribution in [2.45, 2.75) is 63.6 Å². The Morgan fingerprint density at radius 2 is 1.96 bits per heavy atom. The van der Waals surface area contributed by atoms with Crippen LogP contribution in [0, 0.1) is 0 Å². The normalized spacial score (nSPS) is 17.5. The van der Waals surface area contributed by atoms with E-state index in [1.54, 1.807) is 0 Å². The van der Waals surface area contributed by atoms with E-state index in [1.165, 1.54) is 6.42 Å². The average Bonchev–Trinajstić information content (AvgIpc) is 2.47. The molecule has 128 valence electrons. The summed E-state index contributed by atoms with van der Waals surface area (Å²) in [4.78, 5) is 10.9. The van der Waals surface area contributed by atoms with Gasteiger partial charge in [-0.3, -0.25) is 0 Å². The topological polar surface area (TPSA) is 84.6 Å². The van der Waals surface area contributed by atoms with Gasteiger partial charge in [0.1, 0.15) is 5.60 Å². The monoisotopic (exact) mass is 320 g/mol. The van der Waals surface area contributed by atoms with Crippen molar-refractivity contribution >= 4 is 11.8 Å². The molecule has 0 atom stereocenters. The van der Waals surface area contributed by atoms with E-state index in [0.717, 1.165) is 36.9 Å². The second-order valence-corrected chi connectivity index (χ2v) is 7.00. The third-order valence-corrected chi connectivity index (χ3v) is 4.53. The number of rotatable bonds is 6. The molecular formula is C18H28N2O3. The minimum absolute atomic E-state index is 0.616. The van der Waals surface area contributed by atoms with Crippen molar-refractivity contribution in [3.05, 3.63) is 29.8 Å². The zero-order chi connectivity index (χ0) is 16.9. The van der Waals surface area contributed by atoms with Crippen LogP contribution in [0.4, 0.5) is 10.5 Å². The van der Waals surface area contributed by atoms with E-state index in [2.05, 4.69) is 5.32 Å². The lowest BCUT2D eigenvalue weighted by Gasteiger charge is -2.34. The molecule has 0 aliphatic heterocycles. The van der Waals surface area contributed by atoms with Crippen LogP contribution in [0.25, 0.3) is 0 Å². The Morgan fingerprint density at radius 1 is 1.30 bits per heavy atom. The molecule has 5 heteroatoms. The molecule has 23 heavy (non-hydrogen) atoms. The highest BCUT2D eigenvalue weighted by Crippen LogP contribution is 2.40. The standard InChI is InChI=1S/C18H28N2O3/c1-17(2,23-16(19)21)12-13-20-15-9-5-4-8-14(15)18(22)10-6-3-7-11-18/h4-5,8-9,20,22H,3,6-7,10-13H2,1-2H3,(H2,19,21). The number of aliphatic hydroxyl groups is 1. The van der Waals surface area contributed by atoms with Gasteiger partial charge >= 0.3 is 6.09 Å². The second-order valence-electron chi connectivity index (χ2n) is 7.00. The zero-order valence-electron chi connectivity index (χ0n) is 14.1. The number of benzene rings is 1. The first-order chi connectivity index (χ1) is 10.8. The van der Waals surface area contributed by atoms with Gasteiger partial charge in [0.15, 0.2) is 0 Å². The van der Waals surface area contributed by atoms with E-state index in [-0.39, 0.29) is 0 Å². The fourth-order valence-corrected chi connectivity index (χ4v) is 3.27. The first kappa shape index (κ1) is 17.6. The quantitative estimate of drug-likeness (QED) is 0.749. The molecule has 1 saturated carbocycles. The summed E-state index contributed by atoms with van der Waals surface area (Å²) in [6, 6.07) is 7.92. The summed E-state index contributed by atoms with van der Waals surface area (Å²) < 4.78 is 5.09. The van der Waals surface area contributed by atoms with Crippen molar-refractivity contribution in [3.8, 4) is 0 Å². The highest BCUT2D eigenvalue weighted by atomic mass is 16.6. The lowest BCUT2D eigenvalue weighted by molar-refractivity contribution is 0.00000591. The van der Waals surface area contributed by atoms with Crippen LogP contribution in [0.15, 0.2) is 24.3 Å². The summed E-state index contributed by atoms with van der Waals surface area (Å²) in [5.74, 6) is 0. The van der Waals surface area contributed by atoms with Crippen molar-refractivity contribution in [2.75, 3.05) is 11.9 Å². The lowest BCUT2D eigenvalue weighted by atomic mass is 9.79. The molecule has 0 spiro atoms.